The van der Waals surface area contributed by atoms with E-state index in [1.54, 1.807) is 0 Å². The van der Waals surface area contributed by atoms with Crippen molar-refractivity contribution in [2.45, 2.75) is 11.6 Å². The molecule has 5 nitrogen and oxygen atoms in total. The Bertz CT molecular complexity index is 312. The lowest BCUT2D eigenvalue weighted by molar-refractivity contribution is 0.929. The van der Waals surface area contributed by atoms with Crippen LogP contribution in [0.25, 0.3) is 0 Å². The summed E-state index contributed by atoms with van der Waals surface area (Å²) >= 11 is 1.41. The molecule has 13 heavy (non-hydrogen) atoms. The van der Waals surface area contributed by atoms with E-state index in [0.29, 0.717) is 11.6 Å². The van der Waals surface area contributed by atoms with E-state index < -0.39 is 0 Å². The molecule has 0 spiro atoms. The van der Waals surface area contributed by atoms with E-state index in [1.807, 2.05) is 0 Å². The van der Waals surface area contributed by atoms with Crippen LogP contribution in [0.3, 0.4) is 0 Å². The maximum absolute atomic E-state index is 5.37. The van der Waals surface area contributed by atoms with Crippen molar-refractivity contribution in [1.29, 1.82) is 0 Å². The molecule has 0 radical (unpaired) electrons. The van der Waals surface area contributed by atoms with E-state index in [2.05, 4.69) is 20.9 Å². The minimum atomic E-state index is 0.135. The highest BCUT2D eigenvalue weighted by Gasteiger charge is 2.00. The van der Waals surface area contributed by atoms with E-state index in [-0.39, 0.29) is 11.9 Å². The number of rotatable bonds is 3. The third-order valence-corrected chi connectivity index (χ3v) is 1.98. The molecule has 0 bridgehead atoms. The number of nitrogens with two attached hydrogens (primary N) is 2. The SMILES string of the molecule is C#CCCSc1nc(N)nc(N)n1. The predicted molar refractivity (Wildman–Crippen MR) is 52.8 cm³/mol. The minimum Gasteiger partial charge on any atom is -0.368 e. The molecule has 0 aliphatic carbocycles. The summed E-state index contributed by atoms with van der Waals surface area (Å²) < 4.78 is 0. The summed E-state index contributed by atoms with van der Waals surface area (Å²) in [4.78, 5) is 11.4. The zero-order chi connectivity index (χ0) is 9.68. The number of nitrogen functional groups attached to an aromatic ring is 2. The Balaban J connectivity index is 2.62. The van der Waals surface area contributed by atoms with E-state index in [9.17, 15) is 0 Å². The van der Waals surface area contributed by atoms with Gasteiger partial charge in [0.1, 0.15) is 0 Å². The van der Waals surface area contributed by atoms with Crippen LogP contribution in [0.4, 0.5) is 11.9 Å². The van der Waals surface area contributed by atoms with Gasteiger partial charge >= 0.3 is 0 Å². The highest BCUT2D eigenvalue weighted by atomic mass is 32.2. The normalized spacial score (nSPS) is 9.46. The summed E-state index contributed by atoms with van der Waals surface area (Å²) in [5, 5.41) is 0.514. The molecule has 1 aromatic rings. The summed E-state index contributed by atoms with van der Waals surface area (Å²) in [6.07, 6.45) is 5.75. The average molecular weight is 195 g/mol. The Morgan fingerprint density at radius 1 is 1.23 bits per heavy atom. The lowest BCUT2D eigenvalue weighted by atomic mass is 10.5. The largest absolute Gasteiger partial charge is 0.368 e. The van der Waals surface area contributed by atoms with Gasteiger partial charge < -0.3 is 11.5 Å². The first kappa shape index (κ1) is 9.61. The smallest absolute Gasteiger partial charge is 0.225 e. The van der Waals surface area contributed by atoms with Crippen LogP contribution < -0.4 is 11.5 Å². The number of nitrogens with zero attached hydrogens (tertiary/aromatic N) is 3. The highest BCUT2D eigenvalue weighted by molar-refractivity contribution is 7.99. The number of hydrogen-bond donors (Lipinski definition) is 2. The van der Waals surface area contributed by atoms with E-state index in [1.165, 1.54) is 11.8 Å². The summed E-state index contributed by atoms with van der Waals surface area (Å²) in [7, 11) is 0. The van der Waals surface area contributed by atoms with Crippen molar-refractivity contribution in [3.05, 3.63) is 0 Å². The average Bonchev–Trinajstić information content (AvgIpc) is 2.03. The van der Waals surface area contributed by atoms with Gasteiger partial charge in [-0.15, -0.1) is 12.3 Å². The molecule has 4 N–H and O–H groups in total. The second kappa shape index (κ2) is 4.52. The van der Waals surface area contributed by atoms with Gasteiger partial charge in [-0.2, -0.15) is 15.0 Å². The Labute approximate surface area is 80.4 Å². The molecule has 1 rings (SSSR count). The maximum Gasteiger partial charge on any atom is 0.225 e. The van der Waals surface area contributed by atoms with Gasteiger partial charge in [0.2, 0.25) is 11.9 Å². The number of thioether (sulfide) groups is 1. The molecule has 1 heterocycles. The van der Waals surface area contributed by atoms with Crippen molar-refractivity contribution in [3.8, 4) is 12.3 Å². The maximum atomic E-state index is 5.37. The molecule has 0 fully saturated rings. The lowest BCUT2D eigenvalue weighted by Gasteiger charge is -1.99. The van der Waals surface area contributed by atoms with Crippen LogP contribution in [0.5, 0.6) is 0 Å². The molecule has 1 aromatic heterocycles. The predicted octanol–water partition coefficient (Wildman–Crippen LogP) is 0.151. The van der Waals surface area contributed by atoms with Gasteiger partial charge in [-0.05, 0) is 0 Å². The van der Waals surface area contributed by atoms with Crippen LogP contribution in [0, 0.1) is 12.3 Å². The zero-order valence-electron chi connectivity index (χ0n) is 6.90. The molecule has 0 saturated carbocycles. The van der Waals surface area contributed by atoms with Crippen LogP contribution in [0.2, 0.25) is 0 Å². The van der Waals surface area contributed by atoms with Gasteiger partial charge in [0.15, 0.2) is 5.16 Å². The van der Waals surface area contributed by atoms with Crippen LogP contribution in [-0.4, -0.2) is 20.7 Å². The first-order valence-electron chi connectivity index (χ1n) is 3.55. The molecule has 0 aromatic carbocycles. The molecule has 0 aliphatic rings. The highest BCUT2D eigenvalue weighted by Crippen LogP contribution is 2.14. The molecule has 0 unspecified atom stereocenters. The fourth-order valence-corrected chi connectivity index (χ4v) is 1.37. The minimum absolute atomic E-state index is 0.135. The first-order chi connectivity index (χ1) is 6.22. The van der Waals surface area contributed by atoms with Crippen molar-refractivity contribution in [3.63, 3.8) is 0 Å². The quantitative estimate of drug-likeness (QED) is 0.405. The monoisotopic (exact) mass is 195 g/mol. The van der Waals surface area contributed by atoms with Crippen molar-refractivity contribution in [2.75, 3.05) is 17.2 Å². The van der Waals surface area contributed by atoms with Gasteiger partial charge in [-0.1, -0.05) is 11.8 Å². The summed E-state index contributed by atoms with van der Waals surface area (Å²) in [5.74, 6) is 3.53. The van der Waals surface area contributed by atoms with Gasteiger partial charge in [0, 0.05) is 12.2 Å². The topological polar surface area (TPSA) is 90.7 Å². The Kier molecular flexibility index (Phi) is 3.34. The fraction of sp³-hybridized carbons (Fsp3) is 0.286. The summed E-state index contributed by atoms with van der Waals surface area (Å²) in [6, 6.07) is 0. The van der Waals surface area contributed by atoms with Crippen molar-refractivity contribution < 1.29 is 0 Å². The number of aromatic nitrogens is 3. The van der Waals surface area contributed by atoms with E-state index in [4.69, 9.17) is 17.9 Å². The molecular weight excluding hydrogens is 186 g/mol. The molecular formula is C7H9N5S. The Hall–Kier alpha value is -1.48. The molecule has 6 heteroatoms. The van der Waals surface area contributed by atoms with Gasteiger partial charge in [-0.3, -0.25) is 0 Å². The second-order valence-electron chi connectivity index (χ2n) is 2.14. The molecule has 68 valence electrons. The van der Waals surface area contributed by atoms with Crippen LogP contribution in [0.1, 0.15) is 6.42 Å². The summed E-state index contributed by atoms with van der Waals surface area (Å²) in [6.45, 7) is 0. The van der Waals surface area contributed by atoms with Crippen molar-refractivity contribution in [2.24, 2.45) is 0 Å². The van der Waals surface area contributed by atoms with Crippen LogP contribution in [-0.2, 0) is 0 Å². The Morgan fingerprint density at radius 2 is 1.85 bits per heavy atom. The van der Waals surface area contributed by atoms with Gasteiger partial charge in [-0.25, -0.2) is 0 Å². The second-order valence-corrected chi connectivity index (χ2v) is 3.20. The lowest BCUT2D eigenvalue weighted by Crippen LogP contribution is -2.03. The summed E-state index contributed by atoms with van der Waals surface area (Å²) in [5.41, 5.74) is 10.7. The standard InChI is InChI=1S/C7H9N5S/c1-2-3-4-13-7-11-5(8)10-6(9)12-7/h1H,3-4H2,(H4,8,9,10,11,12). The number of hydrogen-bond acceptors (Lipinski definition) is 6. The third kappa shape index (κ3) is 3.17. The first-order valence-corrected chi connectivity index (χ1v) is 4.54. The third-order valence-electron chi connectivity index (χ3n) is 1.13. The zero-order valence-corrected chi connectivity index (χ0v) is 7.71. The van der Waals surface area contributed by atoms with Gasteiger partial charge in [0.05, 0.1) is 0 Å². The van der Waals surface area contributed by atoms with Gasteiger partial charge in [0.25, 0.3) is 0 Å². The molecule has 0 aliphatic heterocycles. The van der Waals surface area contributed by atoms with E-state index in [0.717, 1.165) is 5.75 Å². The van der Waals surface area contributed by atoms with Crippen LogP contribution in [0.15, 0.2) is 5.16 Å². The van der Waals surface area contributed by atoms with E-state index >= 15 is 0 Å². The Morgan fingerprint density at radius 3 is 2.38 bits per heavy atom. The van der Waals surface area contributed by atoms with Crippen molar-refractivity contribution >= 4 is 23.7 Å². The molecule has 0 saturated heterocycles. The number of anilines is 2. The fourth-order valence-electron chi connectivity index (χ4n) is 0.654. The van der Waals surface area contributed by atoms with Crippen LogP contribution >= 0.6 is 11.8 Å². The number of terminal acetylenes is 1. The van der Waals surface area contributed by atoms with Crippen molar-refractivity contribution in [1.82, 2.24) is 15.0 Å². The molecule has 0 amide bonds. The molecule has 0 atom stereocenters.